The van der Waals surface area contributed by atoms with E-state index in [0.717, 1.165) is 41.9 Å². The van der Waals surface area contributed by atoms with Gasteiger partial charge in [-0.2, -0.15) is 0 Å². The van der Waals surface area contributed by atoms with Crippen LogP contribution in [0.2, 0.25) is 0 Å². The van der Waals surface area contributed by atoms with Gasteiger partial charge in [-0.15, -0.1) is 0 Å². The first-order chi connectivity index (χ1) is 19.3. The lowest BCUT2D eigenvalue weighted by atomic mass is 9.91. The number of ketones is 1. The van der Waals surface area contributed by atoms with Gasteiger partial charge in [0.2, 0.25) is 0 Å². The fourth-order valence-electron chi connectivity index (χ4n) is 5.15. The Morgan fingerprint density at radius 2 is 1.62 bits per heavy atom. The number of amides is 1. The molecule has 0 saturated heterocycles. The minimum absolute atomic E-state index is 0.0410. The molecule has 1 aliphatic carbocycles. The van der Waals surface area contributed by atoms with E-state index in [4.69, 9.17) is 4.42 Å². The summed E-state index contributed by atoms with van der Waals surface area (Å²) in [5, 5.41) is 3.28. The van der Waals surface area contributed by atoms with Crippen LogP contribution in [0, 0.1) is 18.6 Å². The number of halogens is 2. The molecule has 3 aromatic carbocycles. The second-order valence-corrected chi connectivity index (χ2v) is 10.2. The molecule has 1 fully saturated rings. The highest BCUT2D eigenvalue weighted by Gasteiger charge is 2.48. The lowest BCUT2D eigenvalue weighted by molar-refractivity contribution is 0.0958. The Bertz CT molecular complexity index is 1770. The molecule has 0 atom stereocenters. The van der Waals surface area contributed by atoms with Crippen molar-refractivity contribution in [1.82, 2.24) is 15.3 Å². The second kappa shape index (κ2) is 9.79. The number of fused-ring (bicyclic) bond motifs is 1. The number of aromatic nitrogens is 2. The van der Waals surface area contributed by atoms with Gasteiger partial charge in [-0.3, -0.25) is 9.59 Å². The number of carbonyl (C=O) groups is 2. The van der Waals surface area contributed by atoms with E-state index in [1.807, 2.05) is 37.3 Å². The normalized spacial score (nSPS) is 13.8. The molecule has 1 saturated carbocycles. The van der Waals surface area contributed by atoms with Crippen molar-refractivity contribution in [1.29, 1.82) is 0 Å². The number of carbonyl (C=O) groups excluding carboxylic acids is 2. The monoisotopic (exact) mass is 537 g/mol. The minimum atomic E-state index is -0.506. The molecule has 2 aromatic heterocycles. The maximum atomic E-state index is 13.5. The molecule has 1 aliphatic rings. The Balaban J connectivity index is 1.37. The van der Waals surface area contributed by atoms with Crippen LogP contribution >= 0.6 is 0 Å². The quantitative estimate of drug-likeness (QED) is 0.231. The minimum Gasteiger partial charge on any atom is -0.455 e. The number of furan rings is 1. The zero-order valence-electron chi connectivity index (χ0n) is 21.9. The number of rotatable bonds is 7. The van der Waals surface area contributed by atoms with Gasteiger partial charge in [-0.1, -0.05) is 18.2 Å². The fraction of sp³-hybridized carbons (Fsp3) is 0.188. The molecule has 2 heterocycles. The maximum absolute atomic E-state index is 13.5. The summed E-state index contributed by atoms with van der Waals surface area (Å²) in [4.78, 5) is 34.6. The van der Waals surface area contributed by atoms with Crippen LogP contribution in [0.25, 0.3) is 33.4 Å². The zero-order chi connectivity index (χ0) is 28.0. The highest BCUT2D eigenvalue weighted by molar-refractivity contribution is 6.12. The van der Waals surface area contributed by atoms with E-state index < -0.39 is 11.2 Å². The van der Waals surface area contributed by atoms with Crippen molar-refractivity contribution in [3.05, 3.63) is 107 Å². The highest BCUT2D eigenvalue weighted by atomic mass is 19.1. The summed E-state index contributed by atoms with van der Waals surface area (Å²) in [6.07, 6.45) is 4.07. The molecule has 200 valence electrons. The summed E-state index contributed by atoms with van der Waals surface area (Å²) in [6.45, 7) is 1.96. The van der Waals surface area contributed by atoms with Crippen LogP contribution in [0.5, 0.6) is 0 Å². The van der Waals surface area contributed by atoms with Crippen molar-refractivity contribution in [2.75, 3.05) is 7.05 Å². The van der Waals surface area contributed by atoms with Gasteiger partial charge >= 0.3 is 0 Å². The van der Waals surface area contributed by atoms with E-state index in [1.54, 1.807) is 25.2 Å². The zero-order valence-corrected chi connectivity index (χ0v) is 21.9. The first kappa shape index (κ1) is 25.6. The number of aryl methyl sites for hydroxylation is 1. The molecule has 1 amide bonds. The van der Waals surface area contributed by atoms with E-state index in [0.29, 0.717) is 39.2 Å². The predicted octanol–water partition coefficient (Wildman–Crippen LogP) is 6.81. The Morgan fingerprint density at radius 1 is 0.925 bits per heavy atom. The van der Waals surface area contributed by atoms with Gasteiger partial charge in [-0.05, 0) is 78.9 Å². The molecule has 0 radical (unpaired) electrons. The average molecular weight is 538 g/mol. The number of hydrogen-bond donors (Lipinski definition) is 1. The van der Waals surface area contributed by atoms with E-state index in [2.05, 4.69) is 15.3 Å². The maximum Gasteiger partial charge on any atom is 0.255 e. The van der Waals surface area contributed by atoms with Crippen molar-refractivity contribution >= 4 is 22.7 Å². The fourth-order valence-corrected chi connectivity index (χ4v) is 5.15. The molecule has 8 heteroatoms. The molecule has 40 heavy (non-hydrogen) atoms. The van der Waals surface area contributed by atoms with Crippen LogP contribution in [-0.2, 0) is 5.41 Å². The Kier molecular flexibility index (Phi) is 6.25. The third-order valence-electron chi connectivity index (χ3n) is 7.57. The summed E-state index contributed by atoms with van der Waals surface area (Å²) in [5.41, 5.74) is 4.18. The second-order valence-electron chi connectivity index (χ2n) is 10.2. The number of benzene rings is 3. The van der Waals surface area contributed by atoms with Crippen molar-refractivity contribution < 1.29 is 22.8 Å². The third-order valence-corrected chi connectivity index (χ3v) is 7.57. The molecule has 0 spiro atoms. The van der Waals surface area contributed by atoms with Gasteiger partial charge in [-0.25, -0.2) is 18.7 Å². The summed E-state index contributed by atoms with van der Waals surface area (Å²) in [6, 6.07) is 16.9. The van der Waals surface area contributed by atoms with Gasteiger partial charge in [0.05, 0.1) is 18.0 Å². The topological polar surface area (TPSA) is 85.1 Å². The van der Waals surface area contributed by atoms with E-state index in [9.17, 15) is 18.4 Å². The van der Waals surface area contributed by atoms with Crippen LogP contribution in [0.4, 0.5) is 8.78 Å². The first-order valence-corrected chi connectivity index (χ1v) is 12.9. The van der Waals surface area contributed by atoms with Crippen LogP contribution in [-0.4, -0.2) is 28.7 Å². The molecular weight excluding hydrogens is 512 g/mol. The third kappa shape index (κ3) is 4.55. The Hall–Kier alpha value is -4.72. The summed E-state index contributed by atoms with van der Waals surface area (Å²) in [7, 11) is 1.54. The molecule has 0 bridgehead atoms. The van der Waals surface area contributed by atoms with Crippen LogP contribution in [0.1, 0.15) is 51.4 Å². The largest absolute Gasteiger partial charge is 0.455 e. The van der Waals surface area contributed by atoms with E-state index in [1.165, 1.54) is 12.1 Å². The van der Waals surface area contributed by atoms with Crippen LogP contribution in [0.3, 0.4) is 0 Å². The van der Waals surface area contributed by atoms with Crippen molar-refractivity contribution in [3.63, 3.8) is 0 Å². The van der Waals surface area contributed by atoms with E-state index >= 15 is 0 Å². The van der Waals surface area contributed by atoms with Gasteiger partial charge in [0.25, 0.3) is 5.91 Å². The molecule has 6 rings (SSSR count). The molecule has 0 unspecified atom stereocenters. The summed E-state index contributed by atoms with van der Waals surface area (Å²) >= 11 is 0. The highest BCUT2D eigenvalue weighted by Crippen LogP contribution is 2.50. The lowest BCUT2D eigenvalue weighted by Gasteiger charge is -2.14. The molecule has 6 nitrogen and oxygen atoms in total. The van der Waals surface area contributed by atoms with Gasteiger partial charge in [0.15, 0.2) is 11.6 Å². The van der Waals surface area contributed by atoms with Gasteiger partial charge < -0.3 is 9.73 Å². The van der Waals surface area contributed by atoms with E-state index in [-0.39, 0.29) is 23.9 Å². The summed E-state index contributed by atoms with van der Waals surface area (Å²) < 4.78 is 32.9. The number of hydrogen-bond acceptors (Lipinski definition) is 5. The number of nitrogens with zero attached hydrogens (tertiary/aromatic N) is 2. The van der Waals surface area contributed by atoms with Crippen molar-refractivity contribution in [2.24, 2.45) is 0 Å². The van der Waals surface area contributed by atoms with Crippen molar-refractivity contribution in [3.8, 4) is 22.5 Å². The number of Topliss-reactive ketones (excluding diaryl/α,β-unsaturated/α-hetero) is 1. The number of nitrogens with one attached hydrogen (secondary N) is 1. The van der Waals surface area contributed by atoms with Gasteiger partial charge in [0.1, 0.15) is 23.0 Å². The van der Waals surface area contributed by atoms with Crippen molar-refractivity contribution in [2.45, 2.75) is 31.6 Å². The predicted molar refractivity (Wildman–Crippen MR) is 147 cm³/mol. The summed E-state index contributed by atoms with van der Waals surface area (Å²) in [5.74, 6) is -0.405. The molecule has 1 N–H and O–H groups in total. The smallest absolute Gasteiger partial charge is 0.255 e. The van der Waals surface area contributed by atoms with Gasteiger partial charge in [0, 0.05) is 35.4 Å². The first-order valence-electron chi connectivity index (χ1n) is 12.9. The van der Waals surface area contributed by atoms with Crippen LogP contribution in [0.15, 0.2) is 77.5 Å². The molecular formula is C32H25F2N3O3. The Labute approximate surface area is 229 Å². The SMILES string of the molecule is CNC(=O)c1c(-c2ccc(F)cc2)oc2ccc(-c3cc(C(=O)CC4(c5ncc(F)cn5)CC4)ccc3C)cc12. The Morgan fingerprint density at radius 3 is 2.30 bits per heavy atom. The molecule has 0 aliphatic heterocycles. The van der Waals surface area contributed by atoms with Crippen LogP contribution < -0.4 is 5.32 Å². The standard InChI is InChI=1S/C32H25F2N3O3/c1-18-3-4-21(26(38)15-32(11-12-32)31-36-16-23(34)17-37-31)14-24(18)20-7-10-27-25(13-20)28(30(39)35-2)29(40-27)19-5-8-22(33)9-6-19/h3-10,13-14,16-17H,11-12,15H2,1-2H3,(H,35,39). The average Bonchev–Trinajstić information content (AvgIpc) is 3.64. The lowest BCUT2D eigenvalue weighted by Crippen LogP contribution is -2.18. The molecule has 5 aromatic rings.